The van der Waals surface area contributed by atoms with Crippen molar-refractivity contribution in [3.63, 3.8) is 0 Å². The summed E-state index contributed by atoms with van der Waals surface area (Å²) in [4.78, 5) is 0. The summed E-state index contributed by atoms with van der Waals surface area (Å²) in [5, 5.41) is 1.33. The summed E-state index contributed by atoms with van der Waals surface area (Å²) in [5.74, 6) is 1.36. The molecule has 0 aliphatic carbocycles. The first-order chi connectivity index (χ1) is 10.6. The molecule has 3 rings (SSSR count). The molecule has 0 fully saturated rings. The zero-order valence-corrected chi connectivity index (χ0v) is 13.1. The summed E-state index contributed by atoms with van der Waals surface area (Å²) in [6.07, 6.45) is 0. The molecule has 22 heavy (non-hydrogen) atoms. The molecule has 0 heterocycles. The molecular weight excluding hydrogens is 317 g/mol. The smallest absolute Gasteiger partial charge is 0.137 e. The van der Waals surface area contributed by atoms with E-state index in [1.807, 2.05) is 48.5 Å². The van der Waals surface area contributed by atoms with E-state index in [9.17, 15) is 0 Å². The molecule has 0 bridgehead atoms. The van der Waals surface area contributed by atoms with Crippen molar-refractivity contribution in [2.45, 2.75) is 0 Å². The Hall–Kier alpha value is -2.16. The zero-order chi connectivity index (χ0) is 15.5. The van der Waals surface area contributed by atoms with Gasteiger partial charge in [-0.05, 0) is 54.1 Å². The summed E-state index contributed by atoms with van der Waals surface area (Å²) in [6.45, 7) is 0. The summed E-state index contributed by atoms with van der Waals surface area (Å²) >= 11 is 12.0. The van der Waals surface area contributed by atoms with Crippen molar-refractivity contribution in [3.05, 3.63) is 76.8 Å². The van der Waals surface area contributed by atoms with Gasteiger partial charge in [0, 0.05) is 27.4 Å². The van der Waals surface area contributed by atoms with Crippen molar-refractivity contribution < 1.29 is 4.74 Å². The Morgan fingerprint density at radius 2 is 1.55 bits per heavy atom. The van der Waals surface area contributed by atoms with E-state index < -0.39 is 0 Å². The summed E-state index contributed by atoms with van der Waals surface area (Å²) in [5.41, 5.74) is 8.41. The minimum atomic E-state index is 0.634. The van der Waals surface area contributed by atoms with E-state index in [1.165, 1.54) is 0 Å². The molecule has 0 saturated carbocycles. The fourth-order valence-electron chi connectivity index (χ4n) is 2.15. The fraction of sp³-hybridized carbons (Fsp3) is 0. The number of nitrogen functional groups attached to an aromatic ring is 1. The van der Waals surface area contributed by atoms with Crippen LogP contribution in [0.3, 0.4) is 0 Å². The van der Waals surface area contributed by atoms with Crippen LogP contribution in [0.5, 0.6) is 11.5 Å². The normalized spacial score (nSPS) is 10.5. The molecule has 4 heteroatoms. The monoisotopic (exact) mass is 329 g/mol. The van der Waals surface area contributed by atoms with Crippen LogP contribution in [-0.2, 0) is 0 Å². The number of anilines is 1. The van der Waals surface area contributed by atoms with Crippen molar-refractivity contribution in [2.75, 3.05) is 5.73 Å². The van der Waals surface area contributed by atoms with Gasteiger partial charge in [-0.25, -0.2) is 0 Å². The van der Waals surface area contributed by atoms with Gasteiger partial charge in [-0.3, -0.25) is 0 Å². The molecule has 0 unspecified atom stereocenters. The van der Waals surface area contributed by atoms with Crippen LogP contribution in [0, 0.1) is 0 Å². The van der Waals surface area contributed by atoms with Gasteiger partial charge in [0.1, 0.15) is 11.5 Å². The Labute approximate surface area is 139 Å². The lowest BCUT2D eigenvalue weighted by Crippen LogP contribution is -1.91. The lowest BCUT2D eigenvalue weighted by Gasteiger charge is -2.12. The topological polar surface area (TPSA) is 35.2 Å². The molecule has 0 saturated heterocycles. The van der Waals surface area contributed by atoms with Gasteiger partial charge in [-0.1, -0.05) is 35.3 Å². The van der Waals surface area contributed by atoms with Crippen molar-refractivity contribution in [2.24, 2.45) is 0 Å². The van der Waals surface area contributed by atoms with Gasteiger partial charge in [0.2, 0.25) is 0 Å². The molecule has 0 radical (unpaired) electrons. The molecule has 0 aliphatic rings. The first kappa shape index (κ1) is 14.8. The average molecular weight is 330 g/mol. The van der Waals surface area contributed by atoms with Crippen LogP contribution in [0.4, 0.5) is 5.69 Å². The standard InChI is InChI=1S/C18H13Cl2NO/c19-13-4-7-16(8-5-13)22-18-11-15(21)6-9-17(18)12-2-1-3-14(20)10-12/h1-11H,21H2. The maximum absolute atomic E-state index is 6.08. The number of nitrogens with two attached hydrogens (primary N) is 1. The number of rotatable bonds is 3. The van der Waals surface area contributed by atoms with Crippen LogP contribution < -0.4 is 10.5 Å². The molecule has 0 aliphatic heterocycles. The van der Waals surface area contributed by atoms with Crippen molar-refractivity contribution in [3.8, 4) is 22.6 Å². The highest BCUT2D eigenvalue weighted by atomic mass is 35.5. The fourth-order valence-corrected chi connectivity index (χ4v) is 2.46. The first-order valence-corrected chi connectivity index (χ1v) is 7.46. The predicted molar refractivity (Wildman–Crippen MR) is 92.8 cm³/mol. The van der Waals surface area contributed by atoms with E-state index >= 15 is 0 Å². The van der Waals surface area contributed by atoms with E-state index in [2.05, 4.69) is 0 Å². The Bertz CT molecular complexity index is 800. The van der Waals surface area contributed by atoms with Crippen LogP contribution in [0.2, 0.25) is 10.0 Å². The largest absolute Gasteiger partial charge is 0.457 e. The van der Waals surface area contributed by atoms with Crippen LogP contribution >= 0.6 is 23.2 Å². The molecule has 0 atom stereocenters. The number of halogens is 2. The lowest BCUT2D eigenvalue weighted by molar-refractivity contribution is 0.485. The second-order valence-electron chi connectivity index (χ2n) is 4.82. The highest BCUT2D eigenvalue weighted by Gasteiger charge is 2.09. The minimum absolute atomic E-state index is 0.634. The summed E-state index contributed by atoms with van der Waals surface area (Å²) in [7, 11) is 0. The van der Waals surface area contributed by atoms with Crippen molar-refractivity contribution >= 4 is 28.9 Å². The minimum Gasteiger partial charge on any atom is -0.457 e. The van der Waals surface area contributed by atoms with Crippen LogP contribution in [0.1, 0.15) is 0 Å². The molecule has 3 aromatic carbocycles. The average Bonchev–Trinajstić information content (AvgIpc) is 2.50. The number of benzene rings is 3. The summed E-state index contributed by atoms with van der Waals surface area (Å²) in [6, 6.07) is 20.4. The number of hydrogen-bond donors (Lipinski definition) is 1. The van der Waals surface area contributed by atoms with Crippen LogP contribution in [-0.4, -0.2) is 0 Å². The third kappa shape index (κ3) is 3.35. The Balaban J connectivity index is 2.02. The second-order valence-corrected chi connectivity index (χ2v) is 5.69. The van der Waals surface area contributed by atoms with Gasteiger partial charge < -0.3 is 10.5 Å². The third-order valence-electron chi connectivity index (χ3n) is 3.18. The van der Waals surface area contributed by atoms with Crippen LogP contribution in [0.25, 0.3) is 11.1 Å². The van der Waals surface area contributed by atoms with Gasteiger partial charge in [0.15, 0.2) is 0 Å². The van der Waals surface area contributed by atoms with Crippen molar-refractivity contribution in [1.82, 2.24) is 0 Å². The van der Waals surface area contributed by atoms with Gasteiger partial charge >= 0.3 is 0 Å². The SMILES string of the molecule is Nc1ccc(-c2cccc(Cl)c2)c(Oc2ccc(Cl)cc2)c1. The zero-order valence-electron chi connectivity index (χ0n) is 11.6. The molecular formula is C18H13Cl2NO. The molecule has 110 valence electrons. The number of ether oxygens (including phenoxy) is 1. The first-order valence-electron chi connectivity index (χ1n) is 6.71. The van der Waals surface area contributed by atoms with E-state index in [1.54, 1.807) is 18.2 Å². The highest BCUT2D eigenvalue weighted by Crippen LogP contribution is 2.36. The van der Waals surface area contributed by atoms with Gasteiger partial charge in [-0.2, -0.15) is 0 Å². The maximum atomic E-state index is 6.08. The van der Waals surface area contributed by atoms with Gasteiger partial charge in [0.05, 0.1) is 0 Å². The van der Waals surface area contributed by atoms with Gasteiger partial charge in [0.25, 0.3) is 0 Å². The highest BCUT2D eigenvalue weighted by molar-refractivity contribution is 6.31. The maximum Gasteiger partial charge on any atom is 0.137 e. The molecule has 2 nitrogen and oxygen atoms in total. The Morgan fingerprint density at radius 3 is 2.27 bits per heavy atom. The van der Waals surface area contributed by atoms with E-state index in [-0.39, 0.29) is 0 Å². The van der Waals surface area contributed by atoms with E-state index in [0.717, 1.165) is 11.1 Å². The number of hydrogen-bond acceptors (Lipinski definition) is 2. The lowest BCUT2D eigenvalue weighted by atomic mass is 10.0. The third-order valence-corrected chi connectivity index (χ3v) is 3.67. The van der Waals surface area contributed by atoms with E-state index in [0.29, 0.717) is 27.2 Å². The Kier molecular flexibility index (Phi) is 4.23. The second kappa shape index (κ2) is 6.30. The predicted octanol–water partition coefficient (Wildman–Crippen LogP) is 6.03. The van der Waals surface area contributed by atoms with Crippen LogP contribution in [0.15, 0.2) is 66.7 Å². The quantitative estimate of drug-likeness (QED) is 0.595. The molecule has 2 N–H and O–H groups in total. The molecule has 3 aromatic rings. The van der Waals surface area contributed by atoms with Crippen molar-refractivity contribution in [1.29, 1.82) is 0 Å². The van der Waals surface area contributed by atoms with E-state index in [4.69, 9.17) is 33.7 Å². The molecule has 0 amide bonds. The molecule has 0 aromatic heterocycles. The Morgan fingerprint density at radius 1 is 0.773 bits per heavy atom. The summed E-state index contributed by atoms with van der Waals surface area (Å²) < 4.78 is 5.96. The van der Waals surface area contributed by atoms with Gasteiger partial charge in [-0.15, -0.1) is 0 Å². The molecule has 0 spiro atoms.